The van der Waals surface area contributed by atoms with Crippen LogP contribution in [0.2, 0.25) is 0 Å². The molecular weight excluding hydrogens is 685 g/mol. The van der Waals surface area contributed by atoms with Gasteiger partial charge >= 0.3 is 0 Å². The van der Waals surface area contributed by atoms with Crippen molar-refractivity contribution in [1.29, 1.82) is 0 Å². The van der Waals surface area contributed by atoms with E-state index in [0.717, 1.165) is 10.8 Å². The van der Waals surface area contributed by atoms with E-state index in [-0.39, 0.29) is 51.4 Å². The van der Waals surface area contributed by atoms with Gasteiger partial charge < -0.3 is 8.98 Å². The Labute approximate surface area is 338 Å². The third-order valence-corrected chi connectivity index (χ3v) is 9.85. The normalized spacial score (nSPS) is 14.3. The van der Waals surface area contributed by atoms with Crippen molar-refractivity contribution in [3.63, 3.8) is 0 Å². The molecule has 0 atom stereocenters. The Balaban J connectivity index is 1.31. The first kappa shape index (κ1) is 22.6. The number of fused-ring (bicyclic) bond motifs is 6. The summed E-state index contributed by atoms with van der Waals surface area (Å²) in [5, 5.41) is 1.60. The second-order valence-electron chi connectivity index (χ2n) is 13.1. The first-order valence-electron chi connectivity index (χ1n) is 23.4. The molecule has 0 bridgehead atoms. The summed E-state index contributed by atoms with van der Waals surface area (Å²) in [6.45, 7) is 0. The van der Waals surface area contributed by atoms with Crippen molar-refractivity contribution in [1.82, 2.24) is 19.5 Å². The first-order chi connectivity index (χ1) is 32.3. The van der Waals surface area contributed by atoms with Crippen LogP contribution in [0.15, 0.2) is 198 Å². The van der Waals surface area contributed by atoms with Gasteiger partial charge in [0.15, 0.2) is 17.5 Å². The van der Waals surface area contributed by atoms with Crippen molar-refractivity contribution in [2.45, 2.75) is 0 Å². The monoisotopic (exact) mass is 727 g/mol. The molecule has 8 aromatic carbocycles. The highest BCUT2D eigenvalue weighted by atomic mass is 16.3. The van der Waals surface area contributed by atoms with Crippen molar-refractivity contribution in [3.05, 3.63) is 194 Å². The fourth-order valence-electron chi connectivity index (χ4n) is 7.28. The van der Waals surface area contributed by atoms with Crippen LogP contribution in [0, 0.1) is 0 Å². The molecule has 56 heavy (non-hydrogen) atoms. The number of rotatable bonds is 6. The SMILES string of the molecule is [2H]c1cc([2H])c2c(c1[2H])c1c([2H])c(-c3c([2H])c([2H])c([2H])c([2H])c3[2H])c([2H])c([2H])c1n2-c1cc(-c2cccc3c2oc2ccccc23)ccc1-c1nc(-c2ccccc2)nc(-c2ccccc2)n1. The van der Waals surface area contributed by atoms with Gasteiger partial charge in [-0.3, -0.25) is 0 Å². The highest BCUT2D eigenvalue weighted by Crippen LogP contribution is 2.42. The Morgan fingerprint density at radius 1 is 0.429 bits per heavy atom. The molecule has 0 unspecified atom stereocenters. The molecule has 0 aliphatic carbocycles. The van der Waals surface area contributed by atoms with E-state index in [1.165, 1.54) is 10.6 Å². The molecule has 11 aromatic rings. The van der Waals surface area contributed by atoms with Crippen LogP contribution < -0.4 is 0 Å². The summed E-state index contributed by atoms with van der Waals surface area (Å²) in [5.74, 6) is 0.905. The summed E-state index contributed by atoms with van der Waals surface area (Å²) in [4.78, 5) is 15.0. The number of para-hydroxylation sites is 3. The van der Waals surface area contributed by atoms with Crippen molar-refractivity contribution in [3.8, 4) is 62.1 Å². The van der Waals surface area contributed by atoms with E-state index in [2.05, 4.69) is 0 Å². The Morgan fingerprint density at radius 3 is 1.91 bits per heavy atom. The molecule has 3 heterocycles. The van der Waals surface area contributed by atoms with Crippen LogP contribution in [0.5, 0.6) is 0 Å². The van der Waals surface area contributed by atoms with Gasteiger partial charge in [-0.05, 0) is 53.0 Å². The van der Waals surface area contributed by atoms with Gasteiger partial charge in [0.1, 0.15) is 11.2 Å². The number of nitrogens with zero attached hydrogens (tertiary/aromatic N) is 4. The maximum absolute atomic E-state index is 9.78. The van der Waals surface area contributed by atoms with Crippen molar-refractivity contribution in [2.75, 3.05) is 0 Å². The summed E-state index contributed by atoms with van der Waals surface area (Å²) in [5.41, 5.74) is 3.75. The minimum Gasteiger partial charge on any atom is -0.455 e. The molecule has 0 amide bonds. The van der Waals surface area contributed by atoms with Gasteiger partial charge in [0.25, 0.3) is 0 Å². The molecule has 262 valence electrons. The first-order valence-corrected chi connectivity index (χ1v) is 17.9. The molecular formula is C51H32N4O. The highest BCUT2D eigenvalue weighted by Gasteiger charge is 2.22. The second-order valence-corrected chi connectivity index (χ2v) is 13.1. The molecule has 0 saturated heterocycles. The van der Waals surface area contributed by atoms with Crippen LogP contribution in [0.4, 0.5) is 0 Å². The zero-order valence-electron chi connectivity index (χ0n) is 40.3. The smallest absolute Gasteiger partial charge is 0.166 e. The number of furan rings is 1. The number of hydrogen-bond donors (Lipinski definition) is 0. The third kappa shape index (κ3) is 5.29. The van der Waals surface area contributed by atoms with Crippen molar-refractivity contribution in [2.24, 2.45) is 0 Å². The van der Waals surface area contributed by atoms with Crippen LogP contribution in [-0.4, -0.2) is 19.5 Å². The minimum atomic E-state index is -0.685. The van der Waals surface area contributed by atoms with E-state index >= 15 is 0 Å². The predicted octanol–water partition coefficient (Wildman–Crippen LogP) is 13.2. The summed E-state index contributed by atoms with van der Waals surface area (Å²) < 4.78 is 107. The largest absolute Gasteiger partial charge is 0.455 e. The Bertz CT molecular complexity index is 3810. The molecule has 5 nitrogen and oxygen atoms in total. The van der Waals surface area contributed by atoms with Crippen LogP contribution >= 0.6 is 0 Å². The van der Waals surface area contributed by atoms with Gasteiger partial charge in [0.05, 0.1) is 31.8 Å². The van der Waals surface area contributed by atoms with Gasteiger partial charge in [-0.2, -0.15) is 0 Å². The lowest BCUT2D eigenvalue weighted by Crippen LogP contribution is -2.04. The molecule has 11 rings (SSSR count). The van der Waals surface area contributed by atoms with Crippen molar-refractivity contribution < 1.29 is 19.5 Å². The summed E-state index contributed by atoms with van der Waals surface area (Å²) in [7, 11) is 0. The molecule has 0 aliphatic rings. The maximum Gasteiger partial charge on any atom is 0.166 e. The predicted molar refractivity (Wildman–Crippen MR) is 229 cm³/mol. The zero-order valence-corrected chi connectivity index (χ0v) is 29.3. The molecule has 0 radical (unpaired) electrons. The van der Waals surface area contributed by atoms with Crippen molar-refractivity contribution >= 4 is 43.7 Å². The fourth-order valence-corrected chi connectivity index (χ4v) is 7.28. The Hall–Kier alpha value is -7.63. The van der Waals surface area contributed by atoms with Gasteiger partial charge in [-0.1, -0.05) is 158 Å². The molecule has 0 fully saturated rings. The lowest BCUT2D eigenvalue weighted by molar-refractivity contribution is 0.670. The minimum absolute atomic E-state index is 0.0246. The van der Waals surface area contributed by atoms with E-state index in [1.807, 2.05) is 115 Å². The van der Waals surface area contributed by atoms with Crippen LogP contribution in [0.1, 0.15) is 15.1 Å². The average Bonchev–Trinajstić information content (AvgIpc) is 3.93. The fraction of sp³-hybridized carbons (Fsp3) is 0. The molecule has 0 spiro atoms. The average molecular weight is 728 g/mol. The Morgan fingerprint density at radius 2 is 1.12 bits per heavy atom. The number of hydrogen-bond acceptors (Lipinski definition) is 4. The van der Waals surface area contributed by atoms with E-state index in [0.29, 0.717) is 50.6 Å². The topological polar surface area (TPSA) is 56.7 Å². The van der Waals surface area contributed by atoms with Gasteiger partial charge in [-0.15, -0.1) is 0 Å². The number of benzene rings is 8. The van der Waals surface area contributed by atoms with Gasteiger partial charge in [-0.25, -0.2) is 15.0 Å². The second kappa shape index (κ2) is 13.0. The molecule has 0 saturated carbocycles. The van der Waals surface area contributed by atoms with Gasteiger partial charge in [0, 0.05) is 43.8 Å². The molecule has 0 aliphatic heterocycles. The third-order valence-electron chi connectivity index (χ3n) is 9.85. The zero-order chi connectivity index (χ0) is 46.6. The van der Waals surface area contributed by atoms with Crippen LogP contribution in [-0.2, 0) is 0 Å². The van der Waals surface area contributed by atoms with E-state index in [1.54, 1.807) is 6.07 Å². The number of aromatic nitrogens is 4. The summed E-state index contributed by atoms with van der Waals surface area (Å²) in [6.07, 6.45) is 0. The lowest BCUT2D eigenvalue weighted by Gasteiger charge is -2.16. The quantitative estimate of drug-likeness (QED) is 0.171. The molecule has 3 aromatic heterocycles. The maximum atomic E-state index is 9.78. The van der Waals surface area contributed by atoms with E-state index < -0.39 is 59.5 Å². The molecule has 0 N–H and O–H groups in total. The van der Waals surface area contributed by atoms with Gasteiger partial charge in [0.2, 0.25) is 0 Å². The summed E-state index contributed by atoms with van der Waals surface area (Å²) in [6, 6.07) is 33.0. The van der Waals surface area contributed by atoms with Crippen LogP contribution in [0.25, 0.3) is 106 Å². The Kier molecular flexibility index (Phi) is 5.25. The van der Waals surface area contributed by atoms with E-state index in [9.17, 15) is 6.85 Å². The standard InChI is InChI=1S/C51H32N4O/c1-4-15-33(16-5-1)36-28-30-45-43(31-36)39-21-10-12-25-44(39)55(45)46-32-37(38-23-14-24-41-40-22-11-13-26-47(40)56-48(38)41)27-29-42(46)51-53-49(34-17-6-2-7-18-34)52-50(54-51)35-19-8-3-9-20-35/h1-32H/i1D,4D,5D,10D,15D,16D,21D,25D,28D,30D,31D. The highest BCUT2D eigenvalue weighted by molar-refractivity contribution is 6.12. The lowest BCUT2D eigenvalue weighted by atomic mass is 9.99. The summed E-state index contributed by atoms with van der Waals surface area (Å²) >= 11 is 0. The van der Waals surface area contributed by atoms with Crippen LogP contribution in [0.3, 0.4) is 0 Å². The van der Waals surface area contributed by atoms with E-state index in [4.69, 9.17) is 27.6 Å². The molecule has 5 heteroatoms.